The molecule has 26 heavy (non-hydrogen) atoms. The van der Waals surface area contributed by atoms with Gasteiger partial charge in [-0.2, -0.15) is 26.3 Å². The predicted octanol–water partition coefficient (Wildman–Crippen LogP) is 3.32. The highest BCUT2D eigenvalue weighted by atomic mass is 32.2. The van der Waals surface area contributed by atoms with Crippen molar-refractivity contribution in [1.82, 2.24) is 0 Å². The van der Waals surface area contributed by atoms with E-state index < -0.39 is 62.6 Å². The van der Waals surface area contributed by atoms with Gasteiger partial charge in [-0.05, 0) is 18.6 Å². The van der Waals surface area contributed by atoms with E-state index in [4.69, 9.17) is 0 Å². The van der Waals surface area contributed by atoms with Crippen molar-refractivity contribution in [2.75, 3.05) is 24.2 Å². The molecule has 0 aromatic heterocycles. The first-order valence-corrected chi connectivity index (χ1v) is 8.86. The largest absolute Gasteiger partial charge is 0.404 e. The Morgan fingerprint density at radius 3 is 2.08 bits per heavy atom. The van der Waals surface area contributed by atoms with E-state index in [1.807, 2.05) is 0 Å². The minimum absolute atomic E-state index is 0.272. The van der Waals surface area contributed by atoms with Crippen LogP contribution in [-0.2, 0) is 9.84 Å². The van der Waals surface area contributed by atoms with Crippen molar-refractivity contribution in [3.05, 3.63) is 28.3 Å². The number of nitro groups is 1. The quantitative estimate of drug-likeness (QED) is 0.437. The fourth-order valence-corrected chi connectivity index (χ4v) is 3.66. The minimum atomic E-state index is -5.56. The molecule has 13 heteroatoms. The van der Waals surface area contributed by atoms with Crippen molar-refractivity contribution in [3.63, 3.8) is 0 Å². The summed E-state index contributed by atoms with van der Waals surface area (Å²) in [6.45, 7) is -2.10. The number of sulfone groups is 1. The smallest absolute Gasteiger partial charge is 0.370 e. The van der Waals surface area contributed by atoms with Gasteiger partial charge in [0, 0.05) is 31.1 Å². The molecule has 0 amide bonds. The summed E-state index contributed by atoms with van der Waals surface area (Å²) in [5, 5.41) is 10.9. The molecule has 1 aromatic rings. The summed E-state index contributed by atoms with van der Waals surface area (Å²) in [6, 6.07) is 2.39. The van der Waals surface area contributed by atoms with E-state index in [0.717, 1.165) is 23.1 Å². The Bertz CT molecular complexity index is 820. The third kappa shape index (κ3) is 3.31. The van der Waals surface area contributed by atoms with Gasteiger partial charge in [-0.15, -0.1) is 0 Å². The molecule has 0 aliphatic carbocycles. The zero-order chi connectivity index (χ0) is 20.1. The maximum Gasteiger partial charge on any atom is 0.404 e. The number of anilines is 1. The zero-order valence-electron chi connectivity index (χ0n) is 13.1. The lowest BCUT2D eigenvalue weighted by molar-refractivity contribution is -0.387. The molecular weight excluding hydrogens is 394 g/mol. The number of benzene rings is 1. The Morgan fingerprint density at radius 2 is 1.69 bits per heavy atom. The molecule has 0 atom stereocenters. The van der Waals surface area contributed by atoms with Crippen LogP contribution in [0.3, 0.4) is 0 Å². The van der Waals surface area contributed by atoms with E-state index >= 15 is 0 Å². The van der Waals surface area contributed by atoms with Gasteiger partial charge in [0.1, 0.15) is 4.90 Å². The fraction of sp³-hybridized carbons (Fsp3) is 0.538. The lowest BCUT2D eigenvalue weighted by atomic mass is 9.85. The first-order chi connectivity index (χ1) is 11.6. The number of hydrogen-bond donors (Lipinski definition) is 0. The molecule has 0 saturated carbocycles. The van der Waals surface area contributed by atoms with Crippen molar-refractivity contribution in [3.8, 4) is 0 Å². The van der Waals surface area contributed by atoms with E-state index in [9.17, 15) is 44.9 Å². The second-order valence-corrected chi connectivity index (χ2v) is 7.91. The maximum atomic E-state index is 13.1. The van der Waals surface area contributed by atoms with Gasteiger partial charge in [0.25, 0.3) is 5.69 Å². The molecule has 0 N–H and O–H groups in total. The first kappa shape index (κ1) is 20.3. The summed E-state index contributed by atoms with van der Waals surface area (Å²) in [5.41, 5.74) is -5.03. The van der Waals surface area contributed by atoms with Crippen LogP contribution in [0.5, 0.6) is 0 Å². The number of alkyl halides is 6. The number of hydrogen-bond acceptors (Lipinski definition) is 5. The van der Waals surface area contributed by atoms with Crippen LogP contribution in [0.2, 0.25) is 0 Å². The van der Waals surface area contributed by atoms with Crippen LogP contribution >= 0.6 is 0 Å². The lowest BCUT2D eigenvalue weighted by Crippen LogP contribution is -2.51. The highest BCUT2D eigenvalue weighted by Crippen LogP contribution is 2.56. The van der Waals surface area contributed by atoms with Crippen LogP contribution in [0, 0.1) is 15.5 Å². The van der Waals surface area contributed by atoms with Gasteiger partial charge in [0.15, 0.2) is 15.3 Å². The highest BCUT2D eigenvalue weighted by molar-refractivity contribution is 7.90. The SMILES string of the molecule is CS(=O)(=O)c1cc(N2CCC(C(F)(F)F)(C(F)(F)F)C2)ccc1[N+](=O)[O-]. The first-order valence-electron chi connectivity index (χ1n) is 6.97. The molecule has 0 bridgehead atoms. The molecule has 0 spiro atoms. The molecule has 1 heterocycles. The van der Waals surface area contributed by atoms with Crippen LogP contribution < -0.4 is 4.90 Å². The summed E-state index contributed by atoms with van der Waals surface area (Å²) < 4.78 is 102. The van der Waals surface area contributed by atoms with Crippen molar-refractivity contribution in [2.24, 2.45) is 5.41 Å². The van der Waals surface area contributed by atoms with E-state index in [1.54, 1.807) is 0 Å². The molecular formula is C13H12F6N2O4S. The summed E-state index contributed by atoms with van der Waals surface area (Å²) in [5.74, 6) is 0. The number of halogens is 6. The molecule has 1 saturated heterocycles. The topological polar surface area (TPSA) is 80.5 Å². The molecule has 6 nitrogen and oxygen atoms in total. The lowest BCUT2D eigenvalue weighted by Gasteiger charge is -2.33. The van der Waals surface area contributed by atoms with Crippen molar-refractivity contribution in [2.45, 2.75) is 23.7 Å². The average molecular weight is 406 g/mol. The average Bonchev–Trinajstić information content (AvgIpc) is 2.91. The van der Waals surface area contributed by atoms with E-state index in [2.05, 4.69) is 0 Å². The Hall–Kier alpha value is -2.05. The standard InChI is InChI=1S/C13H12F6N2O4S/c1-26(24,25)10-6-8(2-3-9(10)21(22)23)20-5-4-11(7-20,12(14,15)16)13(17,18)19/h2-3,6H,4-5,7H2,1H3. The van der Waals surface area contributed by atoms with Crippen LogP contribution in [-0.4, -0.2) is 45.0 Å². The minimum Gasteiger partial charge on any atom is -0.370 e. The van der Waals surface area contributed by atoms with Gasteiger partial charge < -0.3 is 4.90 Å². The van der Waals surface area contributed by atoms with Crippen molar-refractivity contribution < 1.29 is 39.7 Å². The molecule has 1 fully saturated rings. The number of rotatable bonds is 3. The van der Waals surface area contributed by atoms with E-state index in [-0.39, 0.29) is 5.69 Å². The number of nitrogens with zero attached hydrogens (tertiary/aromatic N) is 2. The van der Waals surface area contributed by atoms with Gasteiger partial charge in [0.2, 0.25) is 0 Å². The zero-order valence-corrected chi connectivity index (χ0v) is 13.9. The van der Waals surface area contributed by atoms with Crippen LogP contribution in [0.1, 0.15) is 6.42 Å². The van der Waals surface area contributed by atoms with Crippen molar-refractivity contribution >= 4 is 21.2 Å². The normalized spacial score (nSPS) is 18.2. The predicted molar refractivity (Wildman–Crippen MR) is 77.6 cm³/mol. The van der Waals surface area contributed by atoms with Crippen LogP contribution in [0.15, 0.2) is 23.1 Å². The molecule has 0 unspecified atom stereocenters. The maximum absolute atomic E-state index is 13.1. The molecule has 1 aliphatic rings. The second kappa shape index (κ2) is 5.99. The Labute approximate surface area is 143 Å². The summed E-state index contributed by atoms with van der Waals surface area (Å²) in [6.07, 6.45) is -11.7. The van der Waals surface area contributed by atoms with E-state index in [0.29, 0.717) is 6.26 Å². The highest BCUT2D eigenvalue weighted by Gasteiger charge is 2.72. The Kier molecular flexibility index (Phi) is 4.67. The fourth-order valence-electron chi connectivity index (χ4n) is 2.80. The van der Waals surface area contributed by atoms with Crippen molar-refractivity contribution in [1.29, 1.82) is 0 Å². The van der Waals surface area contributed by atoms with Gasteiger partial charge in [-0.25, -0.2) is 8.42 Å². The Balaban J connectivity index is 2.50. The van der Waals surface area contributed by atoms with Crippen LogP contribution in [0.4, 0.5) is 37.7 Å². The second-order valence-electron chi connectivity index (χ2n) is 5.93. The molecule has 1 aliphatic heterocycles. The monoisotopic (exact) mass is 406 g/mol. The van der Waals surface area contributed by atoms with Gasteiger partial charge in [-0.3, -0.25) is 10.1 Å². The van der Waals surface area contributed by atoms with Gasteiger partial charge in [-0.1, -0.05) is 0 Å². The van der Waals surface area contributed by atoms with Crippen LogP contribution in [0.25, 0.3) is 0 Å². The molecule has 0 radical (unpaired) electrons. The summed E-state index contributed by atoms with van der Waals surface area (Å²) >= 11 is 0. The van der Waals surface area contributed by atoms with E-state index in [1.165, 1.54) is 0 Å². The van der Waals surface area contributed by atoms with Gasteiger partial charge in [0.05, 0.1) is 4.92 Å². The molecule has 146 valence electrons. The summed E-state index contributed by atoms with van der Waals surface area (Å²) in [7, 11) is -4.13. The van der Waals surface area contributed by atoms with Gasteiger partial charge >= 0.3 is 12.4 Å². The third-order valence-corrected chi connectivity index (χ3v) is 5.39. The summed E-state index contributed by atoms with van der Waals surface area (Å²) in [4.78, 5) is 9.84. The molecule has 1 aromatic carbocycles. The third-order valence-electron chi connectivity index (χ3n) is 4.26. The Morgan fingerprint density at radius 1 is 1.15 bits per heavy atom. The molecule has 2 rings (SSSR count). The number of nitro benzene ring substituents is 1.